The van der Waals surface area contributed by atoms with Crippen LogP contribution in [0.5, 0.6) is 0 Å². The van der Waals surface area contributed by atoms with Crippen molar-refractivity contribution in [2.75, 3.05) is 12.3 Å². The molecule has 0 saturated carbocycles. The molecule has 1 aromatic heterocycles. The number of para-hydroxylation sites is 1. The number of benzene rings is 1. The molecule has 1 aliphatic rings. The maximum atomic E-state index is 5.88. The fourth-order valence-electron chi connectivity index (χ4n) is 2.43. The van der Waals surface area contributed by atoms with E-state index in [0.29, 0.717) is 6.04 Å². The van der Waals surface area contributed by atoms with Crippen LogP contribution in [0.1, 0.15) is 31.6 Å². The maximum Gasteiger partial charge on any atom is 0.134 e. The van der Waals surface area contributed by atoms with Gasteiger partial charge in [-0.25, -0.2) is 0 Å². The van der Waals surface area contributed by atoms with E-state index >= 15 is 0 Å². The van der Waals surface area contributed by atoms with E-state index in [9.17, 15) is 0 Å². The van der Waals surface area contributed by atoms with Crippen molar-refractivity contribution in [1.29, 1.82) is 0 Å². The van der Waals surface area contributed by atoms with Gasteiger partial charge in [0.05, 0.1) is 6.04 Å². The molecule has 3 rings (SSSR count). The number of hydrogen-bond acceptors (Lipinski definition) is 3. The van der Waals surface area contributed by atoms with E-state index in [-0.39, 0.29) is 0 Å². The molecule has 2 atom stereocenters. The number of fused-ring (bicyclic) bond motifs is 1. The van der Waals surface area contributed by atoms with Crippen LogP contribution in [0.2, 0.25) is 0 Å². The van der Waals surface area contributed by atoms with E-state index in [4.69, 9.17) is 4.42 Å². The highest BCUT2D eigenvalue weighted by Crippen LogP contribution is 2.27. The highest BCUT2D eigenvalue weighted by atomic mass is 32.2. The zero-order chi connectivity index (χ0) is 12.4. The van der Waals surface area contributed by atoms with Gasteiger partial charge in [0.25, 0.3) is 0 Å². The van der Waals surface area contributed by atoms with Crippen LogP contribution in [0.25, 0.3) is 11.0 Å². The molecule has 2 unspecified atom stereocenters. The van der Waals surface area contributed by atoms with Crippen LogP contribution in [0.15, 0.2) is 34.7 Å². The predicted molar refractivity (Wildman–Crippen MR) is 78.1 cm³/mol. The van der Waals surface area contributed by atoms with E-state index < -0.39 is 0 Å². The molecular formula is C15H19NOS. The third kappa shape index (κ3) is 2.57. The van der Waals surface area contributed by atoms with Gasteiger partial charge in [-0.1, -0.05) is 18.2 Å². The second-order valence-electron chi connectivity index (χ2n) is 4.95. The lowest BCUT2D eigenvalue weighted by Crippen LogP contribution is -2.25. The van der Waals surface area contributed by atoms with Crippen LogP contribution in [-0.2, 0) is 0 Å². The van der Waals surface area contributed by atoms with E-state index in [1.165, 1.54) is 24.0 Å². The van der Waals surface area contributed by atoms with E-state index in [1.54, 1.807) is 0 Å². The van der Waals surface area contributed by atoms with Crippen LogP contribution in [-0.4, -0.2) is 17.5 Å². The Morgan fingerprint density at radius 1 is 1.44 bits per heavy atom. The summed E-state index contributed by atoms with van der Waals surface area (Å²) >= 11 is 2.09. The first kappa shape index (κ1) is 12.1. The average molecular weight is 261 g/mol. The Labute approximate surface area is 112 Å². The average Bonchev–Trinajstić information content (AvgIpc) is 3.04. The fourth-order valence-corrected chi connectivity index (χ4v) is 3.64. The van der Waals surface area contributed by atoms with E-state index in [0.717, 1.165) is 23.1 Å². The van der Waals surface area contributed by atoms with Gasteiger partial charge in [0.2, 0.25) is 0 Å². The Bertz CT molecular complexity index is 483. The summed E-state index contributed by atoms with van der Waals surface area (Å²) in [6.45, 7) is 3.26. The molecule has 0 radical (unpaired) electrons. The standard InChI is InChI=1S/C15H19NOS/c1-11(16-10-13-6-4-8-18-13)15-9-12-5-2-3-7-14(12)17-15/h2-3,5,7,9,11,13,16H,4,6,8,10H2,1H3. The molecule has 0 aliphatic carbocycles. The molecule has 2 nitrogen and oxygen atoms in total. The summed E-state index contributed by atoms with van der Waals surface area (Å²) in [6, 6.07) is 10.6. The monoisotopic (exact) mass is 261 g/mol. The Morgan fingerprint density at radius 3 is 3.11 bits per heavy atom. The van der Waals surface area contributed by atoms with Gasteiger partial charge in [-0.3, -0.25) is 0 Å². The van der Waals surface area contributed by atoms with Crippen LogP contribution in [0.3, 0.4) is 0 Å². The molecule has 2 aromatic rings. The largest absolute Gasteiger partial charge is 0.459 e. The smallest absolute Gasteiger partial charge is 0.134 e. The highest BCUT2D eigenvalue weighted by Gasteiger charge is 2.17. The Kier molecular flexibility index (Phi) is 3.62. The number of hydrogen-bond donors (Lipinski definition) is 1. The SMILES string of the molecule is CC(NCC1CCCS1)c1cc2ccccc2o1. The molecule has 1 saturated heterocycles. The fraction of sp³-hybridized carbons (Fsp3) is 0.467. The quantitative estimate of drug-likeness (QED) is 0.901. The summed E-state index contributed by atoms with van der Waals surface area (Å²) < 4.78 is 5.88. The summed E-state index contributed by atoms with van der Waals surface area (Å²) in [5.74, 6) is 2.37. The van der Waals surface area contributed by atoms with Gasteiger partial charge >= 0.3 is 0 Å². The molecular weight excluding hydrogens is 242 g/mol. The Hall–Kier alpha value is -0.930. The van der Waals surface area contributed by atoms with Crippen molar-refractivity contribution in [3.8, 4) is 0 Å². The molecule has 2 heterocycles. The molecule has 0 spiro atoms. The number of nitrogens with one attached hydrogen (secondary N) is 1. The van der Waals surface area contributed by atoms with Crippen molar-refractivity contribution in [2.45, 2.75) is 31.1 Å². The number of rotatable bonds is 4. The summed E-state index contributed by atoms with van der Waals surface area (Å²) in [5.41, 5.74) is 0.983. The lowest BCUT2D eigenvalue weighted by molar-refractivity contribution is 0.450. The topological polar surface area (TPSA) is 25.2 Å². The third-order valence-corrected chi connectivity index (χ3v) is 4.95. The summed E-state index contributed by atoms with van der Waals surface area (Å²) in [4.78, 5) is 0. The molecule has 0 amide bonds. The summed E-state index contributed by atoms with van der Waals surface area (Å²) in [7, 11) is 0. The minimum absolute atomic E-state index is 0.290. The highest BCUT2D eigenvalue weighted by molar-refractivity contribution is 8.00. The summed E-state index contributed by atoms with van der Waals surface area (Å²) in [6.07, 6.45) is 2.72. The molecule has 18 heavy (non-hydrogen) atoms. The Balaban J connectivity index is 1.65. The van der Waals surface area contributed by atoms with Gasteiger partial charge in [0, 0.05) is 17.2 Å². The normalized spacial score (nSPS) is 21.5. The second-order valence-corrected chi connectivity index (χ2v) is 6.36. The zero-order valence-electron chi connectivity index (χ0n) is 10.7. The van der Waals surface area contributed by atoms with Crippen LogP contribution in [0, 0.1) is 0 Å². The van der Waals surface area contributed by atoms with Crippen molar-refractivity contribution in [2.24, 2.45) is 0 Å². The zero-order valence-corrected chi connectivity index (χ0v) is 11.5. The van der Waals surface area contributed by atoms with Crippen molar-refractivity contribution in [1.82, 2.24) is 5.32 Å². The minimum Gasteiger partial charge on any atom is -0.459 e. The lowest BCUT2D eigenvalue weighted by atomic mass is 10.2. The Morgan fingerprint density at radius 2 is 2.33 bits per heavy atom. The van der Waals surface area contributed by atoms with Crippen molar-refractivity contribution >= 4 is 22.7 Å². The van der Waals surface area contributed by atoms with Gasteiger partial charge in [-0.05, 0) is 37.7 Å². The van der Waals surface area contributed by atoms with Crippen LogP contribution < -0.4 is 5.32 Å². The molecule has 96 valence electrons. The molecule has 0 bridgehead atoms. The maximum absolute atomic E-state index is 5.88. The van der Waals surface area contributed by atoms with Crippen molar-refractivity contribution < 1.29 is 4.42 Å². The third-order valence-electron chi connectivity index (χ3n) is 3.55. The van der Waals surface area contributed by atoms with Gasteiger partial charge in [0.15, 0.2) is 0 Å². The minimum atomic E-state index is 0.290. The van der Waals surface area contributed by atoms with Crippen LogP contribution in [0.4, 0.5) is 0 Å². The van der Waals surface area contributed by atoms with E-state index in [2.05, 4.69) is 42.2 Å². The molecule has 1 N–H and O–H groups in total. The van der Waals surface area contributed by atoms with Crippen molar-refractivity contribution in [3.63, 3.8) is 0 Å². The molecule has 1 aliphatic heterocycles. The predicted octanol–water partition coefficient (Wildman–Crippen LogP) is 3.98. The van der Waals surface area contributed by atoms with Gasteiger partial charge in [-0.2, -0.15) is 11.8 Å². The molecule has 3 heteroatoms. The molecule has 1 fully saturated rings. The second kappa shape index (κ2) is 5.37. The summed E-state index contributed by atoms with van der Waals surface area (Å²) in [5, 5.41) is 5.57. The number of thioether (sulfide) groups is 1. The van der Waals surface area contributed by atoms with E-state index in [1.807, 2.05) is 12.1 Å². The first-order valence-electron chi connectivity index (χ1n) is 6.66. The first-order valence-corrected chi connectivity index (χ1v) is 7.71. The van der Waals surface area contributed by atoms with Crippen LogP contribution >= 0.6 is 11.8 Å². The van der Waals surface area contributed by atoms with Gasteiger partial charge in [0.1, 0.15) is 11.3 Å². The van der Waals surface area contributed by atoms with Gasteiger partial charge < -0.3 is 9.73 Å². The lowest BCUT2D eigenvalue weighted by Gasteiger charge is -2.14. The first-order chi connectivity index (χ1) is 8.83. The van der Waals surface area contributed by atoms with Crippen molar-refractivity contribution in [3.05, 3.63) is 36.1 Å². The number of furan rings is 1. The van der Waals surface area contributed by atoms with Gasteiger partial charge in [-0.15, -0.1) is 0 Å². The molecule has 1 aromatic carbocycles.